The lowest BCUT2D eigenvalue weighted by Gasteiger charge is -2.21. The number of carbonyl (C=O) groups is 1. The van der Waals surface area contributed by atoms with Crippen LogP contribution >= 0.6 is 0 Å². The van der Waals surface area contributed by atoms with E-state index in [-0.39, 0.29) is 18.5 Å². The van der Waals surface area contributed by atoms with E-state index in [4.69, 9.17) is 4.74 Å². The Morgan fingerprint density at radius 3 is 2.73 bits per heavy atom. The molecule has 6 heteroatoms. The molecule has 0 saturated heterocycles. The zero-order valence-corrected chi connectivity index (χ0v) is 16.2. The second kappa shape index (κ2) is 10.8. The maximum Gasteiger partial charge on any atom is 0.241 e. The van der Waals surface area contributed by atoms with E-state index in [9.17, 15) is 4.79 Å². The summed E-state index contributed by atoms with van der Waals surface area (Å²) in [4.78, 5) is 16.2. The van der Waals surface area contributed by atoms with E-state index in [1.165, 1.54) is 42.4 Å². The van der Waals surface area contributed by atoms with Crippen molar-refractivity contribution < 1.29 is 9.53 Å². The number of hydrogen-bond acceptors (Lipinski definition) is 3. The fourth-order valence-corrected chi connectivity index (χ4v) is 3.13. The number of benzene rings is 1. The van der Waals surface area contributed by atoms with Crippen LogP contribution in [0.1, 0.15) is 49.4 Å². The number of ether oxygens (including phenoxy) is 1. The minimum absolute atomic E-state index is 0.0932. The molecule has 26 heavy (non-hydrogen) atoms. The maximum absolute atomic E-state index is 11.8. The molecule has 2 rings (SSSR count). The zero-order valence-electron chi connectivity index (χ0n) is 16.2. The molecule has 1 unspecified atom stereocenters. The number of aryl methyl sites for hydroxylation is 2. The normalized spacial score (nSPS) is 15.1. The topological polar surface area (TPSA) is 74.8 Å². The van der Waals surface area contributed by atoms with Gasteiger partial charge in [0, 0.05) is 20.2 Å². The average Bonchev–Trinajstić information content (AvgIpc) is 2.66. The Morgan fingerprint density at radius 2 is 2.00 bits per heavy atom. The Hall–Kier alpha value is -2.08. The predicted molar refractivity (Wildman–Crippen MR) is 105 cm³/mol. The SMILES string of the molecule is CCNC(=NCC(=O)NCCOC)NC(C)c1ccc2c(c1)CCCC2. The highest BCUT2D eigenvalue weighted by Crippen LogP contribution is 2.24. The Morgan fingerprint density at radius 1 is 1.23 bits per heavy atom. The standard InChI is InChI=1S/C20H32N4O2/c1-4-21-20(23-14-19(25)22-11-12-26-3)24-15(2)17-10-9-16-7-5-6-8-18(16)13-17/h9-10,13,15H,4-8,11-12,14H2,1-3H3,(H,22,25)(H2,21,23,24). The van der Waals surface area contributed by atoms with Gasteiger partial charge in [-0.25, -0.2) is 4.99 Å². The fraction of sp³-hybridized carbons (Fsp3) is 0.600. The van der Waals surface area contributed by atoms with Crippen molar-refractivity contribution in [1.29, 1.82) is 0 Å². The lowest BCUT2D eigenvalue weighted by molar-refractivity contribution is -0.119. The first-order chi connectivity index (χ1) is 12.6. The van der Waals surface area contributed by atoms with Gasteiger partial charge in [-0.3, -0.25) is 4.79 Å². The highest BCUT2D eigenvalue weighted by molar-refractivity contribution is 5.85. The number of nitrogens with zero attached hydrogens (tertiary/aromatic N) is 1. The number of methoxy groups -OCH3 is 1. The summed E-state index contributed by atoms with van der Waals surface area (Å²) in [6.07, 6.45) is 4.94. The van der Waals surface area contributed by atoms with Crippen LogP contribution in [0.25, 0.3) is 0 Å². The van der Waals surface area contributed by atoms with Crippen molar-refractivity contribution in [1.82, 2.24) is 16.0 Å². The minimum atomic E-state index is -0.110. The van der Waals surface area contributed by atoms with Crippen molar-refractivity contribution in [3.63, 3.8) is 0 Å². The van der Waals surface area contributed by atoms with Crippen molar-refractivity contribution in [3.8, 4) is 0 Å². The zero-order chi connectivity index (χ0) is 18.8. The quantitative estimate of drug-likeness (QED) is 0.376. The van der Waals surface area contributed by atoms with Crippen LogP contribution in [0.2, 0.25) is 0 Å². The van der Waals surface area contributed by atoms with Crippen molar-refractivity contribution >= 4 is 11.9 Å². The summed E-state index contributed by atoms with van der Waals surface area (Å²) in [5.41, 5.74) is 4.21. The molecule has 1 amide bonds. The van der Waals surface area contributed by atoms with Crippen molar-refractivity contribution in [2.45, 2.75) is 45.6 Å². The molecule has 6 nitrogen and oxygen atoms in total. The molecule has 3 N–H and O–H groups in total. The second-order valence-electron chi connectivity index (χ2n) is 6.64. The van der Waals surface area contributed by atoms with Crippen LogP contribution in [0.4, 0.5) is 0 Å². The summed E-state index contributed by atoms with van der Waals surface area (Å²) in [6.45, 7) is 5.98. The van der Waals surface area contributed by atoms with Crippen molar-refractivity contribution in [3.05, 3.63) is 34.9 Å². The number of fused-ring (bicyclic) bond motifs is 1. The van der Waals surface area contributed by atoms with Gasteiger partial charge in [0.25, 0.3) is 0 Å². The summed E-state index contributed by atoms with van der Waals surface area (Å²) in [5, 5.41) is 9.37. The van der Waals surface area contributed by atoms with Crippen LogP contribution in [0.5, 0.6) is 0 Å². The molecule has 144 valence electrons. The summed E-state index contributed by atoms with van der Waals surface area (Å²) in [5.74, 6) is 0.542. The molecular weight excluding hydrogens is 328 g/mol. The van der Waals surface area contributed by atoms with Gasteiger partial charge in [0.15, 0.2) is 5.96 Å². The van der Waals surface area contributed by atoms with Gasteiger partial charge in [-0.15, -0.1) is 0 Å². The van der Waals surface area contributed by atoms with E-state index in [2.05, 4.69) is 46.1 Å². The van der Waals surface area contributed by atoms with Gasteiger partial charge in [-0.2, -0.15) is 0 Å². The molecule has 0 fully saturated rings. The van der Waals surface area contributed by atoms with E-state index in [1.807, 2.05) is 6.92 Å². The first kappa shape index (κ1) is 20.2. The van der Waals surface area contributed by atoms with Gasteiger partial charge in [0.05, 0.1) is 12.6 Å². The number of hydrogen-bond donors (Lipinski definition) is 3. The predicted octanol–water partition coefficient (Wildman–Crippen LogP) is 1.94. The smallest absolute Gasteiger partial charge is 0.241 e. The molecule has 0 heterocycles. The van der Waals surface area contributed by atoms with E-state index in [0.717, 1.165) is 6.54 Å². The van der Waals surface area contributed by atoms with E-state index < -0.39 is 0 Å². The van der Waals surface area contributed by atoms with Gasteiger partial charge >= 0.3 is 0 Å². The summed E-state index contributed by atoms with van der Waals surface area (Å²) < 4.78 is 4.92. The van der Waals surface area contributed by atoms with Gasteiger partial charge in [0.2, 0.25) is 5.91 Å². The molecular formula is C20H32N4O2. The van der Waals surface area contributed by atoms with Crippen LogP contribution < -0.4 is 16.0 Å². The van der Waals surface area contributed by atoms with E-state index >= 15 is 0 Å². The molecule has 0 saturated carbocycles. The summed E-state index contributed by atoms with van der Waals surface area (Å²) in [6, 6.07) is 6.89. The Kier molecular flexibility index (Phi) is 8.41. The van der Waals surface area contributed by atoms with Gasteiger partial charge < -0.3 is 20.7 Å². The van der Waals surface area contributed by atoms with Gasteiger partial charge in [-0.05, 0) is 56.2 Å². The third kappa shape index (κ3) is 6.33. The number of amides is 1. The molecule has 1 atom stereocenters. The molecule has 1 aliphatic carbocycles. The minimum Gasteiger partial charge on any atom is -0.383 e. The molecule has 0 aromatic heterocycles. The highest BCUT2D eigenvalue weighted by Gasteiger charge is 2.13. The summed E-state index contributed by atoms with van der Waals surface area (Å²) in [7, 11) is 1.61. The third-order valence-corrected chi connectivity index (χ3v) is 4.58. The molecule has 1 aromatic rings. The van der Waals surface area contributed by atoms with Crippen LogP contribution in [0, 0.1) is 0 Å². The van der Waals surface area contributed by atoms with Gasteiger partial charge in [0.1, 0.15) is 6.54 Å². The monoisotopic (exact) mass is 360 g/mol. The largest absolute Gasteiger partial charge is 0.383 e. The van der Waals surface area contributed by atoms with E-state index in [1.54, 1.807) is 7.11 Å². The average molecular weight is 361 g/mol. The lowest BCUT2D eigenvalue weighted by atomic mass is 9.89. The van der Waals surface area contributed by atoms with Crippen LogP contribution in [-0.2, 0) is 22.4 Å². The Bertz CT molecular complexity index is 616. The second-order valence-corrected chi connectivity index (χ2v) is 6.64. The number of carbonyl (C=O) groups excluding carboxylic acids is 1. The number of aliphatic imine (C=N–C) groups is 1. The van der Waals surface area contributed by atoms with Crippen molar-refractivity contribution in [2.24, 2.45) is 4.99 Å². The Labute approximate surface area is 156 Å². The first-order valence-electron chi connectivity index (χ1n) is 9.56. The summed E-state index contributed by atoms with van der Waals surface area (Å²) >= 11 is 0. The molecule has 1 aromatic carbocycles. The van der Waals surface area contributed by atoms with Crippen LogP contribution in [0.15, 0.2) is 23.2 Å². The fourth-order valence-electron chi connectivity index (χ4n) is 3.13. The third-order valence-electron chi connectivity index (χ3n) is 4.58. The van der Waals surface area contributed by atoms with E-state index in [0.29, 0.717) is 19.1 Å². The van der Waals surface area contributed by atoms with Crippen molar-refractivity contribution in [2.75, 3.05) is 33.4 Å². The number of rotatable bonds is 8. The number of nitrogens with one attached hydrogen (secondary N) is 3. The molecule has 0 radical (unpaired) electrons. The first-order valence-corrected chi connectivity index (χ1v) is 9.56. The lowest BCUT2D eigenvalue weighted by Crippen LogP contribution is -2.40. The highest BCUT2D eigenvalue weighted by atomic mass is 16.5. The van der Waals surface area contributed by atoms with Crippen LogP contribution in [0.3, 0.4) is 0 Å². The molecule has 0 bridgehead atoms. The van der Waals surface area contributed by atoms with Crippen LogP contribution in [-0.4, -0.2) is 45.2 Å². The molecule has 0 aliphatic heterocycles. The molecule has 0 spiro atoms. The molecule has 1 aliphatic rings. The Balaban J connectivity index is 1.95. The van der Waals surface area contributed by atoms with Gasteiger partial charge in [-0.1, -0.05) is 18.2 Å². The maximum atomic E-state index is 11.8. The number of guanidine groups is 1.